The number of nitrogens with one attached hydrogen (secondary N) is 1. The molecule has 1 heterocycles. The van der Waals surface area contributed by atoms with Gasteiger partial charge in [-0.2, -0.15) is 0 Å². The SMILES string of the molecule is CN[C@@H](C)c1cc(C)c(C)o1. The van der Waals surface area contributed by atoms with Gasteiger partial charge in [0.05, 0.1) is 6.04 Å². The number of rotatable bonds is 2. The van der Waals surface area contributed by atoms with E-state index in [0.717, 1.165) is 11.5 Å². The first-order chi connectivity index (χ1) is 5.15. The second-order valence-corrected chi connectivity index (χ2v) is 2.90. The highest BCUT2D eigenvalue weighted by atomic mass is 16.3. The molecule has 0 unspecified atom stereocenters. The molecule has 0 radical (unpaired) electrons. The van der Waals surface area contributed by atoms with Crippen LogP contribution in [0.4, 0.5) is 0 Å². The van der Waals surface area contributed by atoms with E-state index in [1.165, 1.54) is 5.56 Å². The maximum Gasteiger partial charge on any atom is 0.121 e. The van der Waals surface area contributed by atoms with Crippen molar-refractivity contribution in [1.29, 1.82) is 0 Å². The Morgan fingerprint density at radius 3 is 2.45 bits per heavy atom. The number of hydrogen-bond acceptors (Lipinski definition) is 2. The molecule has 0 fully saturated rings. The highest BCUT2D eigenvalue weighted by Crippen LogP contribution is 2.18. The minimum absolute atomic E-state index is 0.308. The van der Waals surface area contributed by atoms with Gasteiger partial charge in [0.25, 0.3) is 0 Å². The highest BCUT2D eigenvalue weighted by Gasteiger charge is 2.08. The van der Waals surface area contributed by atoms with Crippen LogP contribution in [0.15, 0.2) is 10.5 Å². The van der Waals surface area contributed by atoms with Crippen LogP contribution in [0, 0.1) is 13.8 Å². The Kier molecular flexibility index (Phi) is 2.35. The van der Waals surface area contributed by atoms with Crippen LogP contribution in [0.2, 0.25) is 0 Å². The summed E-state index contributed by atoms with van der Waals surface area (Å²) in [6.45, 7) is 6.13. The first-order valence-electron chi connectivity index (χ1n) is 3.89. The summed E-state index contributed by atoms with van der Waals surface area (Å²) in [4.78, 5) is 0. The second-order valence-electron chi connectivity index (χ2n) is 2.90. The van der Waals surface area contributed by atoms with Crippen molar-refractivity contribution in [2.75, 3.05) is 7.05 Å². The van der Waals surface area contributed by atoms with Gasteiger partial charge >= 0.3 is 0 Å². The van der Waals surface area contributed by atoms with Gasteiger partial charge in [0.1, 0.15) is 11.5 Å². The van der Waals surface area contributed by atoms with E-state index >= 15 is 0 Å². The average Bonchev–Trinajstić information content (AvgIpc) is 2.31. The number of aryl methyl sites for hydroxylation is 2. The fraction of sp³-hybridized carbons (Fsp3) is 0.556. The van der Waals surface area contributed by atoms with Gasteiger partial charge in [0.15, 0.2) is 0 Å². The molecule has 62 valence electrons. The Bertz CT molecular complexity index is 220. The summed E-state index contributed by atoms with van der Waals surface area (Å²) in [5, 5.41) is 3.13. The van der Waals surface area contributed by atoms with Gasteiger partial charge in [0, 0.05) is 0 Å². The van der Waals surface area contributed by atoms with Gasteiger partial charge in [-0.25, -0.2) is 0 Å². The Morgan fingerprint density at radius 1 is 1.45 bits per heavy atom. The lowest BCUT2D eigenvalue weighted by Gasteiger charge is -2.04. The third-order valence-electron chi connectivity index (χ3n) is 2.04. The third-order valence-corrected chi connectivity index (χ3v) is 2.04. The smallest absolute Gasteiger partial charge is 0.121 e. The van der Waals surface area contributed by atoms with Gasteiger partial charge in [-0.05, 0) is 39.4 Å². The molecule has 0 amide bonds. The second kappa shape index (κ2) is 3.09. The zero-order chi connectivity index (χ0) is 8.43. The van der Waals surface area contributed by atoms with E-state index in [2.05, 4.69) is 25.2 Å². The molecule has 0 saturated carbocycles. The average molecular weight is 153 g/mol. The summed E-state index contributed by atoms with van der Waals surface area (Å²) in [7, 11) is 1.93. The first-order valence-corrected chi connectivity index (χ1v) is 3.89. The Hall–Kier alpha value is -0.760. The van der Waals surface area contributed by atoms with E-state index in [-0.39, 0.29) is 0 Å². The van der Waals surface area contributed by atoms with Crippen LogP contribution < -0.4 is 5.32 Å². The minimum atomic E-state index is 0.308. The van der Waals surface area contributed by atoms with Crippen LogP contribution in [0.25, 0.3) is 0 Å². The quantitative estimate of drug-likeness (QED) is 0.704. The molecular weight excluding hydrogens is 138 g/mol. The van der Waals surface area contributed by atoms with Crippen LogP contribution >= 0.6 is 0 Å². The van der Waals surface area contributed by atoms with Gasteiger partial charge in [-0.3, -0.25) is 0 Å². The van der Waals surface area contributed by atoms with Crippen LogP contribution in [-0.2, 0) is 0 Å². The van der Waals surface area contributed by atoms with Crippen LogP contribution in [0.3, 0.4) is 0 Å². The van der Waals surface area contributed by atoms with Crippen LogP contribution in [0.5, 0.6) is 0 Å². The van der Waals surface area contributed by atoms with Crippen molar-refractivity contribution in [1.82, 2.24) is 5.32 Å². The summed E-state index contributed by atoms with van der Waals surface area (Å²) in [5.74, 6) is 2.03. The molecule has 0 aliphatic heterocycles. The van der Waals surface area contributed by atoms with E-state index in [1.807, 2.05) is 14.0 Å². The van der Waals surface area contributed by atoms with Gasteiger partial charge in [-0.1, -0.05) is 0 Å². The van der Waals surface area contributed by atoms with E-state index in [9.17, 15) is 0 Å². The normalized spacial score (nSPS) is 13.5. The number of hydrogen-bond donors (Lipinski definition) is 1. The van der Waals surface area contributed by atoms with E-state index in [0.29, 0.717) is 6.04 Å². The van der Waals surface area contributed by atoms with Gasteiger partial charge < -0.3 is 9.73 Å². The lowest BCUT2D eigenvalue weighted by molar-refractivity contribution is 0.431. The molecule has 0 saturated heterocycles. The maximum absolute atomic E-state index is 5.50. The zero-order valence-corrected chi connectivity index (χ0v) is 7.56. The molecule has 1 aromatic rings. The Balaban J connectivity index is 2.88. The fourth-order valence-electron chi connectivity index (χ4n) is 0.957. The lowest BCUT2D eigenvalue weighted by atomic mass is 10.2. The first kappa shape index (κ1) is 8.34. The van der Waals surface area contributed by atoms with Crippen molar-refractivity contribution in [2.45, 2.75) is 26.8 Å². The van der Waals surface area contributed by atoms with Gasteiger partial charge in [0.2, 0.25) is 0 Å². The molecule has 0 bridgehead atoms. The van der Waals surface area contributed by atoms with Crippen molar-refractivity contribution in [3.63, 3.8) is 0 Å². The molecule has 1 rings (SSSR count). The van der Waals surface area contributed by atoms with Crippen molar-refractivity contribution < 1.29 is 4.42 Å². The minimum Gasteiger partial charge on any atom is -0.464 e. The molecule has 1 atom stereocenters. The van der Waals surface area contributed by atoms with Crippen LogP contribution in [0.1, 0.15) is 30.0 Å². The number of furan rings is 1. The summed E-state index contributed by atoms with van der Waals surface area (Å²) in [5.41, 5.74) is 1.22. The lowest BCUT2D eigenvalue weighted by Crippen LogP contribution is -2.11. The van der Waals surface area contributed by atoms with Crippen molar-refractivity contribution in [3.05, 3.63) is 23.2 Å². The molecule has 2 nitrogen and oxygen atoms in total. The van der Waals surface area contributed by atoms with Crippen molar-refractivity contribution >= 4 is 0 Å². The summed E-state index contributed by atoms with van der Waals surface area (Å²) < 4.78 is 5.50. The maximum atomic E-state index is 5.50. The zero-order valence-electron chi connectivity index (χ0n) is 7.56. The molecule has 1 aromatic heterocycles. The molecule has 2 heteroatoms. The van der Waals surface area contributed by atoms with Crippen molar-refractivity contribution in [2.24, 2.45) is 0 Å². The summed E-state index contributed by atoms with van der Waals surface area (Å²) >= 11 is 0. The highest BCUT2D eigenvalue weighted by molar-refractivity contribution is 5.20. The van der Waals surface area contributed by atoms with E-state index < -0.39 is 0 Å². The molecule has 0 spiro atoms. The Labute approximate surface area is 67.6 Å². The molecule has 1 N–H and O–H groups in total. The third kappa shape index (κ3) is 1.63. The fourth-order valence-corrected chi connectivity index (χ4v) is 0.957. The van der Waals surface area contributed by atoms with E-state index in [4.69, 9.17) is 4.42 Å². The molecule has 0 aromatic carbocycles. The predicted octanol–water partition coefficient (Wildman–Crippen LogP) is 2.18. The standard InChI is InChI=1S/C9H15NO/c1-6-5-9(7(2)10-4)11-8(6)3/h5,7,10H,1-4H3/t7-/m0/s1. The summed E-state index contributed by atoms with van der Waals surface area (Å²) in [6, 6.07) is 2.39. The predicted molar refractivity (Wildman–Crippen MR) is 45.7 cm³/mol. The van der Waals surface area contributed by atoms with Crippen LogP contribution in [-0.4, -0.2) is 7.05 Å². The molecular formula is C9H15NO. The van der Waals surface area contributed by atoms with E-state index in [1.54, 1.807) is 0 Å². The van der Waals surface area contributed by atoms with Crippen molar-refractivity contribution in [3.8, 4) is 0 Å². The molecule has 0 aliphatic carbocycles. The molecule has 11 heavy (non-hydrogen) atoms. The monoisotopic (exact) mass is 153 g/mol. The summed E-state index contributed by atoms with van der Waals surface area (Å²) in [6.07, 6.45) is 0. The molecule has 0 aliphatic rings. The Morgan fingerprint density at radius 2 is 2.09 bits per heavy atom. The topological polar surface area (TPSA) is 25.2 Å². The largest absolute Gasteiger partial charge is 0.464 e. The van der Waals surface area contributed by atoms with Gasteiger partial charge in [-0.15, -0.1) is 0 Å².